The van der Waals surface area contributed by atoms with Gasteiger partial charge in [0.15, 0.2) is 0 Å². The van der Waals surface area contributed by atoms with Crippen LogP contribution in [0.1, 0.15) is 86.5 Å². The molecule has 8 aliphatic carbocycles. The Morgan fingerprint density at radius 3 is 1.88 bits per heavy atom. The van der Waals surface area contributed by atoms with Crippen LogP contribution in [0.25, 0.3) is 44.2 Å². The van der Waals surface area contributed by atoms with Crippen LogP contribution in [-0.2, 0) is 10.8 Å². The predicted molar refractivity (Wildman–Crippen MR) is 228 cm³/mol. The fourth-order valence-corrected chi connectivity index (χ4v) is 15.2. The molecule has 0 N–H and O–H groups in total. The van der Waals surface area contributed by atoms with Gasteiger partial charge in [0.05, 0.1) is 0 Å². The Morgan fingerprint density at radius 2 is 1.04 bits per heavy atom. The maximum Gasteiger partial charge on any atom is 0.135 e. The lowest BCUT2D eigenvalue weighted by atomic mass is 9.51. The molecule has 56 heavy (non-hydrogen) atoms. The van der Waals surface area contributed by atoms with Crippen molar-refractivity contribution in [3.8, 4) is 22.3 Å². The molecule has 1 heterocycles. The first-order valence-corrected chi connectivity index (χ1v) is 21.9. The zero-order valence-electron chi connectivity index (χ0n) is 32.0. The van der Waals surface area contributed by atoms with Crippen molar-refractivity contribution in [2.45, 2.75) is 75.0 Å². The van der Waals surface area contributed by atoms with Crippen molar-refractivity contribution >= 4 is 39.0 Å². The fourth-order valence-electron chi connectivity index (χ4n) is 15.2. The summed E-state index contributed by atoms with van der Waals surface area (Å²) in [6, 6.07) is 49.7. The van der Waals surface area contributed by atoms with Gasteiger partial charge in [-0.3, -0.25) is 0 Å². The zero-order chi connectivity index (χ0) is 36.3. The molecule has 6 bridgehead atoms. The summed E-state index contributed by atoms with van der Waals surface area (Å²) in [4.78, 5) is 2.62. The Morgan fingerprint density at radius 1 is 0.429 bits per heavy atom. The zero-order valence-corrected chi connectivity index (χ0v) is 32.0. The normalized spacial score (nSPS) is 31.0. The van der Waals surface area contributed by atoms with E-state index in [9.17, 15) is 0 Å². The third-order valence-electron chi connectivity index (χ3n) is 17.0. The Kier molecular flexibility index (Phi) is 6.02. The minimum Gasteiger partial charge on any atom is -0.456 e. The van der Waals surface area contributed by atoms with E-state index in [0.717, 1.165) is 46.7 Å². The van der Waals surface area contributed by atoms with Gasteiger partial charge in [-0.15, -0.1) is 0 Å². The van der Waals surface area contributed by atoms with Gasteiger partial charge < -0.3 is 9.32 Å². The lowest BCUT2D eigenvalue weighted by molar-refractivity contribution is 0.0618. The number of rotatable bonds is 3. The molecule has 6 fully saturated rings. The number of para-hydroxylation sites is 1. The van der Waals surface area contributed by atoms with E-state index in [1.807, 2.05) is 0 Å². The molecular weight excluding hydrogens is 679 g/mol. The number of hydrogen-bond donors (Lipinski definition) is 0. The van der Waals surface area contributed by atoms with Gasteiger partial charge in [-0.25, -0.2) is 0 Å². The Balaban J connectivity index is 1.01. The predicted octanol–water partition coefficient (Wildman–Crippen LogP) is 14.3. The summed E-state index contributed by atoms with van der Waals surface area (Å²) >= 11 is 0. The molecule has 2 spiro atoms. The van der Waals surface area contributed by atoms with Crippen molar-refractivity contribution in [1.29, 1.82) is 0 Å². The molecule has 8 unspecified atom stereocenters. The molecule has 8 atom stereocenters. The van der Waals surface area contributed by atoms with Gasteiger partial charge in [-0.05, 0) is 180 Å². The molecule has 8 aliphatic rings. The highest BCUT2D eigenvalue weighted by Crippen LogP contribution is 2.69. The summed E-state index contributed by atoms with van der Waals surface area (Å²) in [7, 11) is 0. The highest BCUT2D eigenvalue weighted by Gasteiger charge is 2.60. The second kappa shape index (κ2) is 10.9. The van der Waals surface area contributed by atoms with Crippen LogP contribution in [0.4, 0.5) is 17.1 Å². The van der Waals surface area contributed by atoms with Crippen molar-refractivity contribution in [2.24, 2.45) is 35.5 Å². The Labute approximate surface area is 329 Å². The average Bonchev–Trinajstić information content (AvgIpc) is 4.03. The second-order valence-corrected chi connectivity index (χ2v) is 19.2. The van der Waals surface area contributed by atoms with Crippen LogP contribution < -0.4 is 4.90 Å². The van der Waals surface area contributed by atoms with Crippen molar-refractivity contribution in [3.05, 3.63) is 150 Å². The first-order valence-electron chi connectivity index (χ1n) is 21.9. The third-order valence-corrected chi connectivity index (χ3v) is 17.0. The van der Waals surface area contributed by atoms with Crippen LogP contribution >= 0.6 is 0 Å². The molecule has 15 rings (SSSR count). The van der Waals surface area contributed by atoms with E-state index in [4.69, 9.17) is 4.42 Å². The molecule has 1 aromatic heterocycles. The van der Waals surface area contributed by atoms with Gasteiger partial charge in [0.2, 0.25) is 0 Å². The lowest BCUT2D eigenvalue weighted by Gasteiger charge is -2.53. The van der Waals surface area contributed by atoms with Crippen LogP contribution in [0.3, 0.4) is 0 Å². The van der Waals surface area contributed by atoms with Crippen molar-refractivity contribution in [3.63, 3.8) is 0 Å². The summed E-state index contributed by atoms with van der Waals surface area (Å²) < 4.78 is 6.41. The molecule has 0 radical (unpaired) electrons. The largest absolute Gasteiger partial charge is 0.456 e. The monoisotopic (exact) mass is 725 g/mol. The lowest BCUT2D eigenvalue weighted by Crippen LogP contribution is -2.48. The highest BCUT2D eigenvalue weighted by atomic mass is 16.3. The molecule has 274 valence electrons. The van der Waals surface area contributed by atoms with E-state index in [-0.39, 0.29) is 10.8 Å². The smallest absolute Gasteiger partial charge is 0.135 e. The maximum absolute atomic E-state index is 6.41. The molecular formula is C54H47NO. The van der Waals surface area contributed by atoms with Crippen molar-refractivity contribution in [2.75, 3.05) is 4.90 Å². The van der Waals surface area contributed by atoms with E-state index in [1.54, 1.807) is 22.3 Å². The number of benzene rings is 6. The highest BCUT2D eigenvalue weighted by molar-refractivity contribution is 6.06. The molecule has 0 saturated heterocycles. The number of furan rings is 1. The standard InChI is InChI=1S/C54H47NO/c1-4-10-47-41(7-1)43-20-17-39(29-49(43)53(47)31-33-14-15-35(53)25-33)55(38-19-22-52-46(28-38)45-9-3-6-12-51(45)56-52)40-18-21-44-42-8-2-5-11-48(42)54(50(44)30-40)36-16-13-32-23-34(26-36)27-37(54)24-32/h1-12,17-22,28-30,32-37H,13-16,23-27,31H2. The molecule has 2 nitrogen and oxygen atoms in total. The van der Waals surface area contributed by atoms with Gasteiger partial charge in [-0.2, -0.15) is 0 Å². The van der Waals surface area contributed by atoms with E-state index in [1.165, 1.54) is 114 Å². The summed E-state index contributed by atoms with van der Waals surface area (Å²) in [6.45, 7) is 0. The number of nitrogens with zero attached hydrogens (tertiary/aromatic N) is 1. The van der Waals surface area contributed by atoms with E-state index >= 15 is 0 Å². The minimum absolute atomic E-state index is 0.108. The van der Waals surface area contributed by atoms with Crippen LogP contribution in [-0.4, -0.2) is 0 Å². The van der Waals surface area contributed by atoms with Crippen molar-refractivity contribution < 1.29 is 4.42 Å². The summed E-state index contributed by atoms with van der Waals surface area (Å²) in [6.07, 6.45) is 13.9. The first kappa shape index (κ1) is 31.1. The summed E-state index contributed by atoms with van der Waals surface area (Å²) in [5.41, 5.74) is 18.2. The van der Waals surface area contributed by atoms with Gasteiger partial charge in [-0.1, -0.05) is 91.7 Å². The maximum atomic E-state index is 6.41. The molecule has 6 saturated carbocycles. The molecule has 0 aliphatic heterocycles. The second-order valence-electron chi connectivity index (χ2n) is 19.2. The quantitative estimate of drug-likeness (QED) is 0.180. The minimum atomic E-state index is 0.108. The van der Waals surface area contributed by atoms with Crippen LogP contribution in [0, 0.1) is 35.5 Å². The number of hydrogen-bond acceptors (Lipinski definition) is 2. The number of anilines is 3. The molecule has 2 heteroatoms. The molecule has 7 aromatic rings. The van der Waals surface area contributed by atoms with E-state index in [2.05, 4.69) is 132 Å². The fraction of sp³-hybridized carbons (Fsp3) is 0.333. The average molecular weight is 726 g/mol. The first-order chi connectivity index (χ1) is 27.7. The van der Waals surface area contributed by atoms with E-state index in [0.29, 0.717) is 0 Å². The summed E-state index contributed by atoms with van der Waals surface area (Å²) in [5, 5.41) is 2.37. The van der Waals surface area contributed by atoms with Gasteiger partial charge in [0, 0.05) is 38.7 Å². The summed E-state index contributed by atoms with van der Waals surface area (Å²) in [5.74, 6) is 4.84. The number of fused-ring (bicyclic) bond motifs is 15. The van der Waals surface area contributed by atoms with Gasteiger partial charge in [0.1, 0.15) is 11.2 Å². The third kappa shape index (κ3) is 3.80. The van der Waals surface area contributed by atoms with Crippen LogP contribution in [0.5, 0.6) is 0 Å². The van der Waals surface area contributed by atoms with Gasteiger partial charge >= 0.3 is 0 Å². The topological polar surface area (TPSA) is 16.4 Å². The SMILES string of the molecule is c1ccc2c(c1)-c1ccc(N(c3ccc4c(c3)C3(c5ccccc5-4)C4CCC5CC(C4)CC3C5)c3ccc4oc5ccccc5c4c3)cc1C21CC2CCC1C2. The molecule has 6 aromatic carbocycles. The van der Waals surface area contributed by atoms with Crippen LogP contribution in [0.2, 0.25) is 0 Å². The van der Waals surface area contributed by atoms with Crippen LogP contribution in [0.15, 0.2) is 132 Å². The Hall–Kier alpha value is -5.08. The van der Waals surface area contributed by atoms with E-state index < -0.39 is 0 Å². The Bertz CT molecular complexity index is 2800. The van der Waals surface area contributed by atoms with Crippen molar-refractivity contribution in [1.82, 2.24) is 0 Å². The van der Waals surface area contributed by atoms with Gasteiger partial charge in [0.25, 0.3) is 0 Å². The molecule has 0 amide bonds.